The molecule has 7 heteroatoms. The van der Waals surface area contributed by atoms with Crippen LogP contribution in [0.15, 0.2) is 30.6 Å². The molecule has 1 atom stereocenters. The van der Waals surface area contributed by atoms with Gasteiger partial charge in [-0.2, -0.15) is 0 Å². The standard InChI is InChI=1S/C16H21FN4O2/c1-16(2,3)13(11-5-7-12(17)8-6-11)18-9-21-10-19-14(20-21)15(22)23-4/h5-8,10,13,18H,9H2,1-4H3. The van der Waals surface area contributed by atoms with Crippen LogP contribution in [-0.4, -0.2) is 27.8 Å². The first-order valence-electron chi connectivity index (χ1n) is 7.28. The van der Waals surface area contributed by atoms with Crippen molar-refractivity contribution in [2.75, 3.05) is 7.11 Å². The third-order valence-corrected chi connectivity index (χ3v) is 3.43. The number of nitrogens with one attached hydrogen (secondary N) is 1. The van der Waals surface area contributed by atoms with Crippen LogP contribution in [0.25, 0.3) is 0 Å². The predicted octanol–water partition coefficient (Wildman–Crippen LogP) is 2.54. The third-order valence-electron chi connectivity index (χ3n) is 3.43. The Labute approximate surface area is 134 Å². The van der Waals surface area contributed by atoms with E-state index in [2.05, 4.69) is 40.9 Å². The summed E-state index contributed by atoms with van der Waals surface area (Å²) >= 11 is 0. The van der Waals surface area contributed by atoms with Crippen molar-refractivity contribution in [1.82, 2.24) is 20.1 Å². The second-order valence-electron chi connectivity index (χ2n) is 6.31. The van der Waals surface area contributed by atoms with Crippen LogP contribution >= 0.6 is 0 Å². The SMILES string of the molecule is COC(=O)c1ncn(CNC(c2ccc(F)cc2)C(C)(C)C)n1. The highest BCUT2D eigenvalue weighted by Crippen LogP contribution is 2.32. The summed E-state index contributed by atoms with van der Waals surface area (Å²) in [5.41, 5.74) is 0.885. The van der Waals surface area contributed by atoms with Gasteiger partial charge in [0.2, 0.25) is 0 Å². The summed E-state index contributed by atoms with van der Waals surface area (Å²) in [5, 5.41) is 7.42. The summed E-state index contributed by atoms with van der Waals surface area (Å²) in [6.07, 6.45) is 1.46. The van der Waals surface area contributed by atoms with Crippen molar-refractivity contribution in [3.8, 4) is 0 Å². The number of esters is 1. The molecule has 124 valence electrons. The molecule has 1 aromatic carbocycles. The quantitative estimate of drug-likeness (QED) is 0.857. The molecule has 1 heterocycles. The van der Waals surface area contributed by atoms with Crippen molar-refractivity contribution in [1.29, 1.82) is 0 Å². The summed E-state index contributed by atoms with van der Waals surface area (Å²) in [6, 6.07) is 6.40. The average Bonchev–Trinajstić information content (AvgIpc) is 2.96. The van der Waals surface area contributed by atoms with Crippen molar-refractivity contribution in [3.63, 3.8) is 0 Å². The van der Waals surface area contributed by atoms with Crippen LogP contribution < -0.4 is 5.32 Å². The van der Waals surface area contributed by atoms with Crippen molar-refractivity contribution in [2.45, 2.75) is 33.5 Å². The molecule has 2 rings (SSSR count). The van der Waals surface area contributed by atoms with Crippen LogP contribution in [0.5, 0.6) is 0 Å². The molecule has 0 saturated carbocycles. The second kappa shape index (κ2) is 6.87. The lowest BCUT2D eigenvalue weighted by atomic mass is 9.82. The molecule has 6 nitrogen and oxygen atoms in total. The van der Waals surface area contributed by atoms with Crippen molar-refractivity contribution in [2.24, 2.45) is 5.41 Å². The Balaban J connectivity index is 2.11. The van der Waals surface area contributed by atoms with Crippen molar-refractivity contribution < 1.29 is 13.9 Å². The molecule has 0 spiro atoms. The largest absolute Gasteiger partial charge is 0.463 e. The molecular weight excluding hydrogens is 299 g/mol. The molecule has 0 fully saturated rings. The molecule has 23 heavy (non-hydrogen) atoms. The summed E-state index contributed by atoms with van der Waals surface area (Å²) in [4.78, 5) is 15.3. The molecule has 0 bridgehead atoms. The van der Waals surface area contributed by atoms with Crippen LogP contribution in [-0.2, 0) is 11.4 Å². The minimum Gasteiger partial charge on any atom is -0.463 e. The fourth-order valence-electron chi connectivity index (χ4n) is 2.32. The first-order valence-corrected chi connectivity index (χ1v) is 7.28. The fraction of sp³-hybridized carbons (Fsp3) is 0.438. The third kappa shape index (κ3) is 4.35. The predicted molar refractivity (Wildman–Crippen MR) is 83.1 cm³/mol. The molecule has 2 aromatic rings. The lowest BCUT2D eigenvalue weighted by molar-refractivity contribution is 0.0586. The maximum absolute atomic E-state index is 13.1. The summed E-state index contributed by atoms with van der Waals surface area (Å²) in [5.74, 6) is -0.821. The highest BCUT2D eigenvalue weighted by molar-refractivity contribution is 5.84. The van der Waals surface area contributed by atoms with E-state index in [1.165, 1.54) is 30.3 Å². The van der Waals surface area contributed by atoms with E-state index in [1.54, 1.807) is 12.1 Å². The fourth-order valence-corrected chi connectivity index (χ4v) is 2.32. The zero-order chi connectivity index (χ0) is 17.0. The van der Waals surface area contributed by atoms with Crippen LogP contribution in [0, 0.1) is 11.2 Å². The molecule has 0 aliphatic carbocycles. The number of carbonyl (C=O) groups excluding carboxylic acids is 1. The van der Waals surface area contributed by atoms with Gasteiger partial charge < -0.3 is 4.74 Å². The van der Waals surface area contributed by atoms with Gasteiger partial charge in [0.1, 0.15) is 12.1 Å². The maximum Gasteiger partial charge on any atom is 0.377 e. The monoisotopic (exact) mass is 320 g/mol. The van der Waals surface area contributed by atoms with Gasteiger partial charge in [0.05, 0.1) is 13.8 Å². The first kappa shape index (κ1) is 17.1. The summed E-state index contributed by atoms with van der Waals surface area (Å²) in [7, 11) is 1.28. The number of aromatic nitrogens is 3. The van der Waals surface area contributed by atoms with E-state index in [9.17, 15) is 9.18 Å². The molecule has 0 amide bonds. The van der Waals surface area contributed by atoms with E-state index in [0.29, 0.717) is 6.67 Å². The Morgan fingerprint density at radius 1 is 1.35 bits per heavy atom. The van der Waals surface area contributed by atoms with E-state index in [1.807, 2.05) is 0 Å². The lowest BCUT2D eigenvalue weighted by Gasteiger charge is -2.32. The Bertz CT molecular complexity index is 661. The van der Waals surface area contributed by atoms with Crippen LogP contribution in [0.2, 0.25) is 0 Å². The van der Waals surface area contributed by atoms with Crippen LogP contribution in [0.4, 0.5) is 4.39 Å². The molecular formula is C16H21FN4O2. The van der Waals surface area contributed by atoms with Gasteiger partial charge in [-0.05, 0) is 23.1 Å². The van der Waals surface area contributed by atoms with Crippen molar-refractivity contribution in [3.05, 3.63) is 47.8 Å². The Hall–Kier alpha value is -2.28. The molecule has 1 N–H and O–H groups in total. The second-order valence-corrected chi connectivity index (χ2v) is 6.31. The number of carbonyl (C=O) groups is 1. The zero-order valence-corrected chi connectivity index (χ0v) is 13.7. The number of methoxy groups -OCH3 is 1. The molecule has 0 aliphatic heterocycles. The highest BCUT2D eigenvalue weighted by Gasteiger charge is 2.26. The minimum atomic E-state index is -0.574. The normalized spacial score (nSPS) is 12.9. The molecule has 0 aliphatic rings. The lowest BCUT2D eigenvalue weighted by Crippen LogP contribution is -2.34. The molecule has 0 saturated heterocycles. The molecule has 1 aromatic heterocycles. The van der Waals surface area contributed by atoms with Crippen molar-refractivity contribution >= 4 is 5.97 Å². The van der Waals surface area contributed by atoms with E-state index >= 15 is 0 Å². The summed E-state index contributed by atoms with van der Waals surface area (Å²) in [6.45, 7) is 6.64. The number of nitrogens with zero attached hydrogens (tertiary/aromatic N) is 3. The van der Waals surface area contributed by atoms with E-state index in [-0.39, 0.29) is 23.1 Å². The van der Waals surface area contributed by atoms with Gasteiger partial charge in [0.15, 0.2) is 0 Å². The van der Waals surface area contributed by atoms with E-state index < -0.39 is 5.97 Å². The summed E-state index contributed by atoms with van der Waals surface area (Å²) < 4.78 is 19.2. The van der Waals surface area contributed by atoms with E-state index in [0.717, 1.165) is 5.56 Å². The van der Waals surface area contributed by atoms with Gasteiger partial charge in [-0.3, -0.25) is 5.32 Å². The number of rotatable bonds is 5. The van der Waals surface area contributed by atoms with Gasteiger partial charge in [-0.25, -0.2) is 18.9 Å². The smallest absolute Gasteiger partial charge is 0.377 e. The maximum atomic E-state index is 13.1. The number of halogens is 1. The van der Waals surface area contributed by atoms with Crippen LogP contribution in [0.1, 0.15) is 43.0 Å². The van der Waals surface area contributed by atoms with Gasteiger partial charge in [0, 0.05) is 6.04 Å². The zero-order valence-electron chi connectivity index (χ0n) is 13.7. The van der Waals surface area contributed by atoms with Gasteiger partial charge in [-0.1, -0.05) is 32.9 Å². The number of benzene rings is 1. The first-order chi connectivity index (χ1) is 10.8. The number of hydrogen-bond donors (Lipinski definition) is 1. The Morgan fingerprint density at radius 3 is 2.57 bits per heavy atom. The minimum absolute atomic E-state index is 0.0170. The Kier molecular flexibility index (Phi) is 5.10. The Morgan fingerprint density at radius 2 is 2.00 bits per heavy atom. The van der Waals surface area contributed by atoms with Crippen LogP contribution in [0.3, 0.4) is 0 Å². The molecule has 0 radical (unpaired) electrons. The highest BCUT2D eigenvalue weighted by atomic mass is 19.1. The van der Waals surface area contributed by atoms with Gasteiger partial charge >= 0.3 is 5.97 Å². The topological polar surface area (TPSA) is 69.0 Å². The van der Waals surface area contributed by atoms with Gasteiger partial charge in [0.25, 0.3) is 5.82 Å². The molecule has 1 unspecified atom stereocenters. The van der Waals surface area contributed by atoms with E-state index in [4.69, 9.17) is 0 Å². The average molecular weight is 320 g/mol. The number of hydrogen-bond acceptors (Lipinski definition) is 5. The number of ether oxygens (including phenoxy) is 1. The van der Waals surface area contributed by atoms with Gasteiger partial charge in [-0.15, -0.1) is 5.10 Å².